The first-order valence-corrected chi connectivity index (χ1v) is 26.8. The lowest BCUT2D eigenvalue weighted by atomic mass is 9.99. The third-order valence-corrected chi connectivity index (χ3v) is 12.6. The molecule has 0 N–H and O–H groups in total. The first-order valence-electron chi connectivity index (χ1n) is 26.8. The molecule has 6 nitrogen and oxygen atoms in total. The van der Waals surface area contributed by atoms with Crippen molar-refractivity contribution in [3.05, 3.63) is 0 Å². The maximum Gasteiger partial charge on any atom is 0.306 e. The van der Waals surface area contributed by atoms with Crippen LogP contribution in [0.2, 0.25) is 0 Å². The van der Waals surface area contributed by atoms with Gasteiger partial charge in [0.15, 0.2) is 6.10 Å². The topological polar surface area (TPSA) is 78.9 Å². The number of hydrogen-bond donors (Lipinski definition) is 0. The SMILES string of the molecule is CCCCCCCCCCCC(=O)OC[C@H](COC(=O)CCCCCCCCCCCCCCCCCCCCC(C)C)OC(=O)CCCCCCCCCCC(C)CC. The monoisotopic (exact) mass is 849 g/mol. The first kappa shape index (κ1) is 58.4. The lowest BCUT2D eigenvalue weighted by Gasteiger charge is -2.18. The molecule has 0 aliphatic rings. The summed E-state index contributed by atoms with van der Waals surface area (Å²) in [5.41, 5.74) is 0. The summed E-state index contributed by atoms with van der Waals surface area (Å²) in [5, 5.41) is 0. The molecule has 356 valence electrons. The second-order valence-electron chi connectivity index (χ2n) is 19.2. The summed E-state index contributed by atoms with van der Waals surface area (Å²) >= 11 is 0. The molecular formula is C54H104O6. The van der Waals surface area contributed by atoms with Crippen molar-refractivity contribution in [2.24, 2.45) is 11.8 Å². The lowest BCUT2D eigenvalue weighted by Crippen LogP contribution is -2.30. The van der Waals surface area contributed by atoms with Crippen molar-refractivity contribution < 1.29 is 28.6 Å². The van der Waals surface area contributed by atoms with Crippen LogP contribution in [0.5, 0.6) is 0 Å². The van der Waals surface area contributed by atoms with Crippen LogP contribution < -0.4 is 0 Å². The van der Waals surface area contributed by atoms with Gasteiger partial charge in [0.05, 0.1) is 0 Å². The standard InChI is InChI=1S/C54H104O6/c1-6-8-9-10-11-22-29-34-39-44-52(55)58-47-51(60-54(57)46-41-36-31-26-25-28-33-38-43-50(5)7-2)48-59-53(56)45-40-35-30-24-21-19-17-15-13-12-14-16-18-20-23-27-32-37-42-49(3)4/h49-51H,6-48H2,1-5H3/t50?,51-/m1/s1. The zero-order valence-corrected chi connectivity index (χ0v) is 41.1. The van der Waals surface area contributed by atoms with Gasteiger partial charge in [-0.15, -0.1) is 0 Å². The average molecular weight is 849 g/mol. The van der Waals surface area contributed by atoms with Gasteiger partial charge >= 0.3 is 17.9 Å². The van der Waals surface area contributed by atoms with Gasteiger partial charge in [0.2, 0.25) is 0 Å². The molecule has 0 rings (SSSR count). The molecule has 0 aromatic carbocycles. The molecular weight excluding hydrogens is 745 g/mol. The minimum Gasteiger partial charge on any atom is -0.462 e. The molecule has 0 aromatic rings. The normalized spacial score (nSPS) is 12.5. The van der Waals surface area contributed by atoms with Gasteiger partial charge in [-0.1, -0.05) is 259 Å². The maximum absolute atomic E-state index is 12.8. The Bertz CT molecular complexity index is 918. The van der Waals surface area contributed by atoms with E-state index in [-0.39, 0.29) is 31.1 Å². The predicted octanol–water partition coefficient (Wildman–Crippen LogP) is 17.3. The summed E-state index contributed by atoms with van der Waals surface area (Å²) < 4.78 is 16.8. The second kappa shape index (κ2) is 46.9. The van der Waals surface area contributed by atoms with Gasteiger partial charge < -0.3 is 14.2 Å². The Morgan fingerprint density at radius 1 is 0.350 bits per heavy atom. The highest BCUT2D eigenvalue weighted by Gasteiger charge is 2.19. The quantitative estimate of drug-likeness (QED) is 0.0345. The minimum atomic E-state index is -0.761. The van der Waals surface area contributed by atoms with Gasteiger partial charge in [0, 0.05) is 19.3 Å². The van der Waals surface area contributed by atoms with E-state index >= 15 is 0 Å². The maximum atomic E-state index is 12.8. The van der Waals surface area contributed by atoms with E-state index in [1.807, 2.05) is 0 Å². The molecule has 0 bridgehead atoms. The van der Waals surface area contributed by atoms with Crippen LogP contribution in [-0.2, 0) is 28.6 Å². The smallest absolute Gasteiger partial charge is 0.306 e. The van der Waals surface area contributed by atoms with Gasteiger partial charge in [-0.2, -0.15) is 0 Å². The Kier molecular flexibility index (Phi) is 45.7. The molecule has 1 unspecified atom stereocenters. The van der Waals surface area contributed by atoms with Gasteiger partial charge in [-0.25, -0.2) is 0 Å². The fourth-order valence-corrected chi connectivity index (χ4v) is 8.13. The third-order valence-electron chi connectivity index (χ3n) is 12.6. The summed E-state index contributed by atoms with van der Waals surface area (Å²) in [6, 6.07) is 0. The Balaban J connectivity index is 4.18. The molecule has 0 aliphatic carbocycles. The van der Waals surface area contributed by atoms with E-state index in [2.05, 4.69) is 34.6 Å². The van der Waals surface area contributed by atoms with Crippen molar-refractivity contribution in [2.45, 2.75) is 304 Å². The number of esters is 3. The number of hydrogen-bond acceptors (Lipinski definition) is 6. The van der Waals surface area contributed by atoms with E-state index in [4.69, 9.17) is 14.2 Å². The zero-order valence-electron chi connectivity index (χ0n) is 41.1. The molecule has 0 saturated carbocycles. The zero-order chi connectivity index (χ0) is 44.0. The predicted molar refractivity (Wildman–Crippen MR) is 256 cm³/mol. The van der Waals surface area contributed by atoms with Crippen molar-refractivity contribution in [2.75, 3.05) is 13.2 Å². The fraction of sp³-hybridized carbons (Fsp3) is 0.944. The lowest BCUT2D eigenvalue weighted by molar-refractivity contribution is -0.167. The van der Waals surface area contributed by atoms with Gasteiger partial charge in [-0.3, -0.25) is 14.4 Å². The average Bonchev–Trinajstić information content (AvgIpc) is 3.23. The number of carbonyl (C=O) groups excluding carboxylic acids is 3. The highest BCUT2D eigenvalue weighted by Crippen LogP contribution is 2.18. The third kappa shape index (κ3) is 45.9. The molecule has 0 radical (unpaired) electrons. The first-order chi connectivity index (χ1) is 29.3. The highest BCUT2D eigenvalue weighted by molar-refractivity contribution is 5.71. The van der Waals surface area contributed by atoms with Crippen LogP contribution in [0.3, 0.4) is 0 Å². The van der Waals surface area contributed by atoms with E-state index in [1.54, 1.807) is 0 Å². The van der Waals surface area contributed by atoms with Crippen LogP contribution >= 0.6 is 0 Å². The van der Waals surface area contributed by atoms with Crippen molar-refractivity contribution in [1.29, 1.82) is 0 Å². The number of rotatable bonds is 48. The number of unbranched alkanes of at least 4 members (excludes halogenated alkanes) is 32. The van der Waals surface area contributed by atoms with Crippen molar-refractivity contribution in [3.63, 3.8) is 0 Å². The van der Waals surface area contributed by atoms with Crippen LogP contribution in [0.1, 0.15) is 298 Å². The highest BCUT2D eigenvalue weighted by atomic mass is 16.6. The summed E-state index contributed by atoms with van der Waals surface area (Å²) in [4.78, 5) is 37.9. The van der Waals surface area contributed by atoms with Crippen molar-refractivity contribution >= 4 is 17.9 Å². The van der Waals surface area contributed by atoms with E-state index in [0.717, 1.165) is 69.6 Å². The number of carbonyl (C=O) groups is 3. The Morgan fingerprint density at radius 2 is 0.633 bits per heavy atom. The molecule has 0 fully saturated rings. The largest absolute Gasteiger partial charge is 0.462 e. The molecule has 0 aromatic heterocycles. The molecule has 0 heterocycles. The van der Waals surface area contributed by atoms with E-state index in [1.165, 1.54) is 186 Å². The molecule has 6 heteroatoms. The summed E-state index contributed by atoms with van der Waals surface area (Å²) in [5.74, 6) is 0.853. The van der Waals surface area contributed by atoms with E-state index in [0.29, 0.717) is 19.3 Å². The van der Waals surface area contributed by atoms with Crippen LogP contribution in [0.15, 0.2) is 0 Å². The fourth-order valence-electron chi connectivity index (χ4n) is 8.13. The molecule has 0 spiro atoms. The molecule has 60 heavy (non-hydrogen) atoms. The van der Waals surface area contributed by atoms with E-state index < -0.39 is 6.10 Å². The summed E-state index contributed by atoms with van der Waals surface area (Å²) in [7, 11) is 0. The van der Waals surface area contributed by atoms with Crippen LogP contribution in [0.4, 0.5) is 0 Å². The molecule has 0 amide bonds. The van der Waals surface area contributed by atoms with Gasteiger partial charge in [-0.05, 0) is 31.1 Å². The van der Waals surface area contributed by atoms with Crippen molar-refractivity contribution in [3.8, 4) is 0 Å². The van der Waals surface area contributed by atoms with Crippen LogP contribution in [0.25, 0.3) is 0 Å². The van der Waals surface area contributed by atoms with Crippen LogP contribution in [0, 0.1) is 11.8 Å². The van der Waals surface area contributed by atoms with Crippen molar-refractivity contribution in [1.82, 2.24) is 0 Å². The second-order valence-corrected chi connectivity index (χ2v) is 19.2. The Morgan fingerprint density at radius 3 is 0.950 bits per heavy atom. The van der Waals surface area contributed by atoms with Gasteiger partial charge in [0.1, 0.15) is 13.2 Å². The molecule has 0 saturated heterocycles. The van der Waals surface area contributed by atoms with Crippen LogP contribution in [-0.4, -0.2) is 37.2 Å². The molecule has 0 aliphatic heterocycles. The van der Waals surface area contributed by atoms with Gasteiger partial charge in [0.25, 0.3) is 0 Å². The molecule has 2 atom stereocenters. The number of ether oxygens (including phenoxy) is 3. The summed E-state index contributed by atoms with van der Waals surface area (Å²) in [6.45, 7) is 11.4. The van der Waals surface area contributed by atoms with E-state index in [9.17, 15) is 14.4 Å². The Hall–Kier alpha value is -1.59. The minimum absolute atomic E-state index is 0.0639. The summed E-state index contributed by atoms with van der Waals surface area (Å²) in [6.07, 6.45) is 48.1. The Labute approximate surface area is 374 Å².